The quantitative estimate of drug-likeness (QED) is 0.743. The number of nitrogens with one attached hydrogen (secondary N) is 1. The number of hydrogen-bond donors (Lipinski definition) is 1. The van der Waals surface area contributed by atoms with Crippen LogP contribution >= 0.6 is 11.6 Å². The van der Waals surface area contributed by atoms with E-state index in [1.807, 2.05) is 48.3 Å². The van der Waals surface area contributed by atoms with Crippen LogP contribution in [0.2, 0.25) is 5.02 Å². The van der Waals surface area contributed by atoms with Crippen LogP contribution in [0.4, 0.5) is 4.39 Å². The number of guanidine groups is 1. The Labute approximate surface area is 186 Å². The van der Waals surface area contributed by atoms with E-state index in [-0.39, 0.29) is 5.82 Å². The van der Waals surface area contributed by atoms with Crippen LogP contribution in [0, 0.1) is 11.7 Å². The van der Waals surface area contributed by atoms with E-state index in [1.165, 1.54) is 5.70 Å². The molecule has 0 aromatic heterocycles. The number of halogens is 2. The molecule has 1 fully saturated rings. The number of hydrogen-bond acceptors (Lipinski definition) is 5. The van der Waals surface area contributed by atoms with Crippen molar-refractivity contribution in [2.75, 3.05) is 19.8 Å². The number of fused-ring (bicyclic) bond motifs is 1. The number of hydrazine groups is 1. The second-order valence-electron chi connectivity index (χ2n) is 8.32. The van der Waals surface area contributed by atoms with Gasteiger partial charge in [-0.2, -0.15) is 0 Å². The Morgan fingerprint density at radius 2 is 2.06 bits per heavy atom. The van der Waals surface area contributed by atoms with Crippen LogP contribution in [-0.2, 0) is 6.54 Å². The lowest BCUT2D eigenvalue weighted by atomic mass is 9.92. The van der Waals surface area contributed by atoms with Crippen molar-refractivity contribution in [3.63, 3.8) is 0 Å². The maximum absolute atomic E-state index is 14.9. The first-order valence-corrected chi connectivity index (χ1v) is 11.1. The van der Waals surface area contributed by atoms with Crippen molar-refractivity contribution in [1.82, 2.24) is 15.3 Å². The molecule has 5 rings (SSSR count). The molecule has 160 valence electrons. The molecular formula is C24H25ClFN5. The zero-order chi connectivity index (χ0) is 21.4. The van der Waals surface area contributed by atoms with Crippen molar-refractivity contribution in [2.24, 2.45) is 15.9 Å². The summed E-state index contributed by atoms with van der Waals surface area (Å²) in [6.45, 7) is 5.04. The van der Waals surface area contributed by atoms with E-state index in [1.54, 1.807) is 6.07 Å². The second kappa shape index (κ2) is 8.54. The highest BCUT2D eigenvalue weighted by atomic mass is 35.5. The van der Waals surface area contributed by atoms with E-state index in [0.29, 0.717) is 24.2 Å². The third-order valence-corrected chi connectivity index (χ3v) is 6.30. The molecule has 1 unspecified atom stereocenters. The van der Waals surface area contributed by atoms with Crippen molar-refractivity contribution in [3.05, 3.63) is 70.6 Å². The molecule has 3 aliphatic rings. The fraction of sp³-hybridized carbons (Fsp3) is 0.333. The summed E-state index contributed by atoms with van der Waals surface area (Å²) in [5.74, 6) is 0.939. The highest BCUT2D eigenvalue weighted by Crippen LogP contribution is 2.30. The SMILES string of the molecule is CC1=NC2=NCNN2C(C2CCCN(Cc3ccc(-c4cccc(Cl)c4)cc3F)C2)=C1. The topological polar surface area (TPSA) is 43.2 Å². The van der Waals surface area contributed by atoms with Gasteiger partial charge >= 0.3 is 0 Å². The summed E-state index contributed by atoms with van der Waals surface area (Å²) in [6.07, 6.45) is 4.34. The van der Waals surface area contributed by atoms with E-state index in [2.05, 4.69) is 26.4 Å². The summed E-state index contributed by atoms with van der Waals surface area (Å²) in [5.41, 5.74) is 7.98. The van der Waals surface area contributed by atoms with Gasteiger partial charge < -0.3 is 0 Å². The van der Waals surface area contributed by atoms with E-state index < -0.39 is 0 Å². The van der Waals surface area contributed by atoms with Crippen LogP contribution in [0.1, 0.15) is 25.3 Å². The molecule has 0 saturated carbocycles. The average molecular weight is 438 g/mol. The van der Waals surface area contributed by atoms with Crippen LogP contribution in [0.15, 0.2) is 64.2 Å². The van der Waals surface area contributed by atoms with E-state index in [9.17, 15) is 4.39 Å². The molecule has 1 N–H and O–H groups in total. The van der Waals surface area contributed by atoms with Gasteiger partial charge in [-0.1, -0.05) is 35.9 Å². The standard InChI is InChI=1S/C24H25ClFN5/c1-16-10-23(31-24(29-16)27-15-28-31)20-5-3-9-30(14-20)13-19-8-7-18(12-22(19)26)17-4-2-6-21(25)11-17/h2,4,6-8,10-12,20,28H,3,5,9,13-15H2,1H3. The van der Waals surface area contributed by atoms with E-state index >= 15 is 0 Å². The van der Waals surface area contributed by atoms with Gasteiger partial charge in [0, 0.05) is 41.0 Å². The van der Waals surface area contributed by atoms with Crippen molar-refractivity contribution in [2.45, 2.75) is 26.3 Å². The maximum Gasteiger partial charge on any atom is 0.241 e. The molecule has 2 aromatic carbocycles. The third-order valence-electron chi connectivity index (χ3n) is 6.07. The van der Waals surface area contributed by atoms with Crippen LogP contribution in [0.25, 0.3) is 11.1 Å². The lowest BCUT2D eigenvalue weighted by molar-refractivity contribution is 0.165. The zero-order valence-electron chi connectivity index (χ0n) is 17.5. The van der Waals surface area contributed by atoms with Gasteiger partial charge in [-0.25, -0.2) is 24.8 Å². The highest BCUT2D eigenvalue weighted by Gasteiger charge is 2.32. The highest BCUT2D eigenvalue weighted by molar-refractivity contribution is 6.30. The van der Waals surface area contributed by atoms with Gasteiger partial charge in [0.15, 0.2) is 0 Å². The van der Waals surface area contributed by atoms with Crippen molar-refractivity contribution in [3.8, 4) is 11.1 Å². The summed E-state index contributed by atoms with van der Waals surface area (Å²) >= 11 is 6.09. The van der Waals surface area contributed by atoms with Crippen molar-refractivity contribution >= 4 is 23.3 Å². The number of piperidine rings is 1. The molecule has 3 aliphatic heterocycles. The molecule has 0 amide bonds. The van der Waals surface area contributed by atoms with Crippen molar-refractivity contribution in [1.29, 1.82) is 0 Å². The molecule has 0 aliphatic carbocycles. The number of likely N-dealkylation sites (tertiary alicyclic amines) is 1. The minimum absolute atomic E-state index is 0.171. The molecule has 3 heterocycles. The molecular weight excluding hydrogens is 413 g/mol. The largest absolute Gasteiger partial charge is 0.298 e. The smallest absolute Gasteiger partial charge is 0.241 e. The Morgan fingerprint density at radius 3 is 2.90 bits per heavy atom. The fourth-order valence-corrected chi connectivity index (χ4v) is 4.77. The number of aliphatic imine (C=N–C) groups is 2. The predicted molar refractivity (Wildman–Crippen MR) is 123 cm³/mol. The molecule has 5 nitrogen and oxygen atoms in total. The molecule has 1 atom stereocenters. The normalized spacial score (nSPS) is 21.5. The van der Waals surface area contributed by atoms with E-state index in [0.717, 1.165) is 54.3 Å². The predicted octanol–water partition coefficient (Wildman–Crippen LogP) is 4.85. The first-order valence-electron chi connectivity index (χ1n) is 10.7. The molecule has 0 bridgehead atoms. The minimum atomic E-state index is -0.171. The average Bonchev–Trinajstić information content (AvgIpc) is 3.23. The van der Waals surface area contributed by atoms with Gasteiger partial charge in [-0.05, 0) is 61.7 Å². The Hall–Kier alpha value is -2.54. The van der Waals surface area contributed by atoms with Crippen LogP contribution < -0.4 is 5.43 Å². The monoisotopic (exact) mass is 437 g/mol. The Kier molecular flexibility index (Phi) is 5.61. The summed E-state index contributed by atoms with van der Waals surface area (Å²) in [6, 6.07) is 13.0. The lowest BCUT2D eigenvalue weighted by Gasteiger charge is -2.37. The maximum atomic E-state index is 14.9. The number of allylic oxidation sites excluding steroid dienone is 1. The van der Waals surface area contributed by atoms with Crippen LogP contribution in [0.3, 0.4) is 0 Å². The Balaban J connectivity index is 1.30. The molecule has 1 saturated heterocycles. The van der Waals surface area contributed by atoms with Crippen LogP contribution in [-0.4, -0.2) is 41.3 Å². The molecule has 2 aromatic rings. The number of benzene rings is 2. The fourth-order valence-electron chi connectivity index (χ4n) is 4.58. The van der Waals surface area contributed by atoms with E-state index in [4.69, 9.17) is 11.6 Å². The number of rotatable bonds is 4. The molecule has 7 heteroatoms. The lowest BCUT2D eigenvalue weighted by Crippen LogP contribution is -2.45. The molecule has 0 radical (unpaired) electrons. The summed E-state index contributed by atoms with van der Waals surface area (Å²) in [7, 11) is 0. The minimum Gasteiger partial charge on any atom is -0.298 e. The zero-order valence-corrected chi connectivity index (χ0v) is 18.2. The molecule has 31 heavy (non-hydrogen) atoms. The summed E-state index contributed by atoms with van der Waals surface area (Å²) < 4.78 is 14.9. The second-order valence-corrected chi connectivity index (χ2v) is 8.76. The third kappa shape index (κ3) is 4.28. The summed E-state index contributed by atoms with van der Waals surface area (Å²) in [4.78, 5) is 11.3. The van der Waals surface area contributed by atoms with Crippen LogP contribution in [0.5, 0.6) is 0 Å². The molecule has 0 spiro atoms. The van der Waals surface area contributed by atoms with Gasteiger partial charge in [-0.15, -0.1) is 0 Å². The number of nitrogens with zero attached hydrogens (tertiary/aromatic N) is 4. The van der Waals surface area contributed by atoms with Gasteiger partial charge in [-0.3, -0.25) is 4.90 Å². The Bertz CT molecular complexity index is 1090. The summed E-state index contributed by atoms with van der Waals surface area (Å²) in [5, 5.41) is 2.67. The Morgan fingerprint density at radius 1 is 1.19 bits per heavy atom. The van der Waals surface area contributed by atoms with Gasteiger partial charge in [0.25, 0.3) is 0 Å². The van der Waals surface area contributed by atoms with Crippen molar-refractivity contribution < 1.29 is 4.39 Å². The van der Waals surface area contributed by atoms with Gasteiger partial charge in [0.05, 0.1) is 0 Å². The first-order chi connectivity index (χ1) is 15.1. The van der Waals surface area contributed by atoms with Gasteiger partial charge in [0.1, 0.15) is 12.5 Å². The first kappa shape index (κ1) is 20.4. The van der Waals surface area contributed by atoms with Gasteiger partial charge in [0.2, 0.25) is 5.96 Å².